The SMILES string of the molecule is Cc1noc([C@@H]2CCC3(CCN(C(=O)c4ccc(C)s4)CC3)O2)n1. The summed E-state index contributed by atoms with van der Waals surface area (Å²) in [5, 5.41) is 3.85. The minimum atomic E-state index is -0.144. The second-order valence-electron chi connectivity index (χ2n) is 6.71. The number of aryl methyl sites for hydroxylation is 2. The van der Waals surface area contributed by atoms with Crippen LogP contribution in [0.4, 0.5) is 0 Å². The third kappa shape index (κ3) is 2.86. The lowest BCUT2D eigenvalue weighted by molar-refractivity contribution is -0.0820. The van der Waals surface area contributed by atoms with Crippen molar-refractivity contribution in [3.63, 3.8) is 0 Å². The highest BCUT2D eigenvalue weighted by Gasteiger charge is 2.45. The zero-order chi connectivity index (χ0) is 16.7. The molecular formula is C17H21N3O3S. The zero-order valence-corrected chi connectivity index (χ0v) is 14.8. The molecule has 0 N–H and O–H groups in total. The van der Waals surface area contributed by atoms with E-state index in [0.717, 1.165) is 43.6 Å². The molecule has 2 aromatic heterocycles. The number of piperidine rings is 1. The molecule has 2 aromatic rings. The minimum absolute atomic E-state index is 0.103. The summed E-state index contributed by atoms with van der Waals surface area (Å²) >= 11 is 1.56. The van der Waals surface area contributed by atoms with Crippen molar-refractivity contribution in [2.45, 2.75) is 51.2 Å². The molecule has 4 rings (SSSR count). The van der Waals surface area contributed by atoms with Gasteiger partial charge in [0.1, 0.15) is 6.10 Å². The van der Waals surface area contributed by atoms with Crippen LogP contribution in [0.15, 0.2) is 16.7 Å². The number of ether oxygens (including phenoxy) is 1. The maximum absolute atomic E-state index is 12.6. The van der Waals surface area contributed by atoms with Gasteiger partial charge in [0.15, 0.2) is 5.82 Å². The van der Waals surface area contributed by atoms with Crippen LogP contribution in [-0.4, -0.2) is 39.6 Å². The van der Waals surface area contributed by atoms with E-state index >= 15 is 0 Å². The van der Waals surface area contributed by atoms with Crippen LogP contribution in [0.1, 0.15) is 58.1 Å². The van der Waals surface area contributed by atoms with E-state index in [1.165, 1.54) is 4.88 Å². The number of nitrogens with zero attached hydrogens (tertiary/aromatic N) is 3. The maximum Gasteiger partial charge on any atom is 0.263 e. The molecule has 1 spiro atoms. The smallest absolute Gasteiger partial charge is 0.263 e. The fourth-order valence-electron chi connectivity index (χ4n) is 3.62. The lowest BCUT2D eigenvalue weighted by atomic mass is 9.88. The van der Waals surface area contributed by atoms with Crippen LogP contribution >= 0.6 is 11.3 Å². The van der Waals surface area contributed by atoms with Gasteiger partial charge in [-0.2, -0.15) is 4.98 Å². The first-order valence-electron chi connectivity index (χ1n) is 8.38. The highest BCUT2D eigenvalue weighted by molar-refractivity contribution is 7.13. The number of carbonyl (C=O) groups is 1. The number of hydrogen-bond donors (Lipinski definition) is 0. The average Bonchev–Trinajstić information content (AvgIpc) is 3.28. The molecule has 2 aliphatic rings. The highest BCUT2D eigenvalue weighted by atomic mass is 32.1. The summed E-state index contributed by atoms with van der Waals surface area (Å²) in [7, 11) is 0. The second kappa shape index (κ2) is 5.97. The molecular weight excluding hydrogens is 326 g/mol. The third-order valence-electron chi connectivity index (χ3n) is 4.99. The summed E-state index contributed by atoms with van der Waals surface area (Å²) in [6.07, 6.45) is 3.52. The number of hydrogen-bond acceptors (Lipinski definition) is 6. The summed E-state index contributed by atoms with van der Waals surface area (Å²) in [5.41, 5.74) is -0.144. The van der Waals surface area contributed by atoms with E-state index in [0.29, 0.717) is 11.7 Å². The Morgan fingerprint density at radius 1 is 1.29 bits per heavy atom. The molecule has 128 valence electrons. The quantitative estimate of drug-likeness (QED) is 0.834. The van der Waals surface area contributed by atoms with Crippen molar-refractivity contribution >= 4 is 17.2 Å². The summed E-state index contributed by atoms with van der Waals surface area (Å²) in [6, 6.07) is 3.92. The molecule has 1 amide bonds. The Hall–Kier alpha value is -1.73. The lowest BCUT2D eigenvalue weighted by Crippen LogP contribution is -2.46. The first kappa shape index (κ1) is 15.8. The fourth-order valence-corrected chi connectivity index (χ4v) is 4.46. The Morgan fingerprint density at radius 3 is 2.71 bits per heavy atom. The molecule has 24 heavy (non-hydrogen) atoms. The Labute approximate surface area is 144 Å². The van der Waals surface area contributed by atoms with Gasteiger partial charge in [-0.25, -0.2) is 0 Å². The van der Waals surface area contributed by atoms with Gasteiger partial charge in [0, 0.05) is 18.0 Å². The van der Waals surface area contributed by atoms with Gasteiger partial charge in [0.2, 0.25) is 0 Å². The molecule has 1 atom stereocenters. The molecule has 6 nitrogen and oxygen atoms in total. The number of thiophene rings is 1. The highest BCUT2D eigenvalue weighted by Crippen LogP contribution is 2.44. The van der Waals surface area contributed by atoms with Gasteiger partial charge in [0.25, 0.3) is 11.8 Å². The fraction of sp³-hybridized carbons (Fsp3) is 0.588. The van der Waals surface area contributed by atoms with E-state index < -0.39 is 0 Å². The number of aromatic nitrogens is 2. The Balaban J connectivity index is 1.38. The maximum atomic E-state index is 12.6. The normalized spacial score (nSPS) is 23.1. The summed E-state index contributed by atoms with van der Waals surface area (Å²) < 4.78 is 11.5. The molecule has 4 heterocycles. The van der Waals surface area contributed by atoms with Gasteiger partial charge in [-0.3, -0.25) is 4.79 Å². The van der Waals surface area contributed by atoms with Crippen LogP contribution in [0.25, 0.3) is 0 Å². The van der Waals surface area contributed by atoms with Gasteiger partial charge in [0.05, 0.1) is 10.5 Å². The van der Waals surface area contributed by atoms with E-state index in [2.05, 4.69) is 10.1 Å². The van der Waals surface area contributed by atoms with Crippen LogP contribution in [0.3, 0.4) is 0 Å². The van der Waals surface area contributed by atoms with E-state index in [1.807, 2.05) is 30.9 Å². The second-order valence-corrected chi connectivity index (χ2v) is 8.00. The molecule has 0 unspecified atom stereocenters. The van der Waals surface area contributed by atoms with Crippen molar-refractivity contribution in [1.82, 2.24) is 15.0 Å². The van der Waals surface area contributed by atoms with Gasteiger partial charge in [-0.05, 0) is 51.7 Å². The Bertz CT molecular complexity index is 746. The Morgan fingerprint density at radius 2 is 2.08 bits per heavy atom. The molecule has 0 aromatic carbocycles. The van der Waals surface area contributed by atoms with Crippen LogP contribution in [0.2, 0.25) is 0 Å². The molecule has 2 fully saturated rings. The van der Waals surface area contributed by atoms with Crippen molar-refractivity contribution in [1.29, 1.82) is 0 Å². The summed E-state index contributed by atoms with van der Waals surface area (Å²) in [5.74, 6) is 1.36. The first-order valence-corrected chi connectivity index (χ1v) is 9.20. The third-order valence-corrected chi connectivity index (χ3v) is 5.97. The molecule has 0 aliphatic carbocycles. The molecule has 2 saturated heterocycles. The molecule has 2 aliphatic heterocycles. The van der Waals surface area contributed by atoms with Crippen LogP contribution in [-0.2, 0) is 4.74 Å². The average molecular weight is 347 g/mol. The monoisotopic (exact) mass is 347 g/mol. The molecule has 0 saturated carbocycles. The summed E-state index contributed by atoms with van der Waals surface area (Å²) in [4.78, 5) is 20.8. The molecule has 7 heteroatoms. The van der Waals surface area contributed by atoms with Gasteiger partial charge in [-0.1, -0.05) is 5.16 Å². The zero-order valence-electron chi connectivity index (χ0n) is 13.9. The van der Waals surface area contributed by atoms with Crippen LogP contribution < -0.4 is 0 Å². The number of rotatable bonds is 2. The van der Waals surface area contributed by atoms with Crippen molar-refractivity contribution in [3.8, 4) is 0 Å². The van der Waals surface area contributed by atoms with Crippen molar-refractivity contribution < 1.29 is 14.1 Å². The van der Waals surface area contributed by atoms with E-state index in [1.54, 1.807) is 11.3 Å². The first-order chi connectivity index (χ1) is 11.5. The van der Waals surface area contributed by atoms with Crippen molar-refractivity contribution in [2.75, 3.05) is 13.1 Å². The van der Waals surface area contributed by atoms with E-state index in [9.17, 15) is 4.79 Å². The van der Waals surface area contributed by atoms with E-state index in [-0.39, 0.29) is 17.6 Å². The van der Waals surface area contributed by atoms with Crippen molar-refractivity contribution in [2.24, 2.45) is 0 Å². The lowest BCUT2D eigenvalue weighted by Gasteiger charge is -2.38. The van der Waals surface area contributed by atoms with Crippen LogP contribution in [0, 0.1) is 13.8 Å². The van der Waals surface area contributed by atoms with Crippen LogP contribution in [0.5, 0.6) is 0 Å². The topological polar surface area (TPSA) is 68.5 Å². The molecule has 0 radical (unpaired) electrons. The number of amides is 1. The minimum Gasteiger partial charge on any atom is -0.362 e. The van der Waals surface area contributed by atoms with Crippen molar-refractivity contribution in [3.05, 3.63) is 33.6 Å². The largest absolute Gasteiger partial charge is 0.362 e. The predicted molar refractivity (Wildman–Crippen MR) is 89.0 cm³/mol. The Kier molecular flexibility index (Phi) is 3.92. The van der Waals surface area contributed by atoms with E-state index in [4.69, 9.17) is 9.26 Å². The number of likely N-dealkylation sites (tertiary alicyclic amines) is 1. The standard InChI is InChI=1S/C17H21N3O3S/c1-11-3-4-14(24-11)16(21)20-9-7-17(8-10-20)6-5-13(22-17)15-18-12(2)19-23-15/h3-4,13H,5-10H2,1-2H3/t13-/m0/s1. The summed E-state index contributed by atoms with van der Waals surface area (Å²) in [6.45, 7) is 5.32. The van der Waals surface area contributed by atoms with Gasteiger partial charge in [-0.15, -0.1) is 11.3 Å². The molecule has 0 bridgehead atoms. The number of carbonyl (C=O) groups excluding carboxylic acids is 1. The van der Waals surface area contributed by atoms with Gasteiger partial charge >= 0.3 is 0 Å². The van der Waals surface area contributed by atoms with Gasteiger partial charge < -0.3 is 14.2 Å². The predicted octanol–water partition coefficient (Wildman–Crippen LogP) is 3.27.